The molecule has 1 rings (SSSR count). The Morgan fingerprint density at radius 3 is 2.60 bits per heavy atom. The smallest absolute Gasteiger partial charge is 0.123 e. The largest absolute Gasteiger partial charge is 0.330 e. The van der Waals surface area contributed by atoms with Gasteiger partial charge < -0.3 is 5.73 Å². The van der Waals surface area contributed by atoms with Crippen molar-refractivity contribution in [1.82, 2.24) is 0 Å². The van der Waals surface area contributed by atoms with E-state index in [-0.39, 0.29) is 11.7 Å². The fourth-order valence-electron chi connectivity index (χ4n) is 2.31. The van der Waals surface area contributed by atoms with Gasteiger partial charge in [0.2, 0.25) is 0 Å². The first kappa shape index (κ1) is 16.4. The predicted molar refractivity (Wildman–Crippen MR) is 85.3 cm³/mol. The average Bonchev–Trinajstić information content (AvgIpc) is 2.40. The molecule has 20 heavy (non-hydrogen) atoms. The Morgan fingerprint density at radius 2 is 2.10 bits per heavy atom. The second-order valence-corrected chi connectivity index (χ2v) is 5.26. The molecule has 1 nitrogen and oxygen atoms in total. The van der Waals surface area contributed by atoms with E-state index < -0.39 is 0 Å². The maximum atomic E-state index is 13.2. The van der Waals surface area contributed by atoms with Crippen molar-refractivity contribution in [2.75, 3.05) is 6.54 Å². The summed E-state index contributed by atoms with van der Waals surface area (Å²) in [5.74, 6) is 0.00553. The highest BCUT2D eigenvalue weighted by molar-refractivity contribution is 5.34. The van der Waals surface area contributed by atoms with E-state index >= 15 is 0 Å². The lowest BCUT2D eigenvalue weighted by Gasteiger charge is -2.19. The van der Waals surface area contributed by atoms with Gasteiger partial charge in [0.1, 0.15) is 5.82 Å². The van der Waals surface area contributed by atoms with Gasteiger partial charge in [0.25, 0.3) is 0 Å². The molecule has 0 fully saturated rings. The summed E-state index contributed by atoms with van der Waals surface area (Å²) < 4.78 is 13.2. The SMILES string of the molecule is C=C/C=C\C(CC(CN)c1ccc(F)cc1C)=C(C)C. The van der Waals surface area contributed by atoms with Crippen molar-refractivity contribution in [1.29, 1.82) is 0 Å². The van der Waals surface area contributed by atoms with Crippen molar-refractivity contribution >= 4 is 0 Å². The lowest BCUT2D eigenvalue weighted by atomic mass is 9.87. The van der Waals surface area contributed by atoms with Crippen LogP contribution in [0.15, 0.2) is 54.2 Å². The number of nitrogens with two attached hydrogens (primary N) is 1. The van der Waals surface area contributed by atoms with Crippen LogP contribution in [-0.2, 0) is 0 Å². The lowest BCUT2D eigenvalue weighted by molar-refractivity contribution is 0.621. The van der Waals surface area contributed by atoms with Crippen LogP contribution in [0, 0.1) is 12.7 Å². The van der Waals surface area contributed by atoms with Crippen LogP contribution in [0.2, 0.25) is 0 Å². The molecular weight excluding hydrogens is 249 g/mol. The van der Waals surface area contributed by atoms with E-state index in [0.29, 0.717) is 6.54 Å². The minimum absolute atomic E-state index is 0.198. The normalized spacial score (nSPS) is 12.4. The van der Waals surface area contributed by atoms with Gasteiger partial charge >= 0.3 is 0 Å². The van der Waals surface area contributed by atoms with E-state index in [2.05, 4.69) is 26.5 Å². The number of halogens is 1. The summed E-state index contributed by atoms with van der Waals surface area (Å²) in [6.45, 7) is 10.4. The number of allylic oxidation sites excluding steroid dienone is 5. The first-order chi connectivity index (χ1) is 9.49. The van der Waals surface area contributed by atoms with E-state index in [1.54, 1.807) is 12.1 Å². The van der Waals surface area contributed by atoms with Gasteiger partial charge in [0, 0.05) is 5.92 Å². The molecule has 0 saturated heterocycles. The van der Waals surface area contributed by atoms with Crippen molar-refractivity contribution in [2.24, 2.45) is 5.73 Å². The average molecular weight is 273 g/mol. The Morgan fingerprint density at radius 1 is 1.40 bits per heavy atom. The summed E-state index contributed by atoms with van der Waals surface area (Å²) in [6.07, 6.45) is 6.64. The highest BCUT2D eigenvalue weighted by Gasteiger charge is 2.14. The molecule has 1 aromatic rings. The molecule has 0 aliphatic rings. The number of hydrogen-bond donors (Lipinski definition) is 1. The molecular formula is C18H24FN. The fraction of sp³-hybridized carbons (Fsp3) is 0.333. The van der Waals surface area contributed by atoms with E-state index in [9.17, 15) is 4.39 Å². The molecule has 1 atom stereocenters. The second-order valence-electron chi connectivity index (χ2n) is 5.26. The molecule has 0 aliphatic heterocycles. The predicted octanol–water partition coefficient (Wildman–Crippen LogP) is 4.65. The zero-order valence-corrected chi connectivity index (χ0v) is 12.6. The molecule has 0 amide bonds. The highest BCUT2D eigenvalue weighted by Crippen LogP contribution is 2.28. The summed E-state index contributed by atoms with van der Waals surface area (Å²) in [5, 5.41) is 0. The Balaban J connectivity index is 3.04. The van der Waals surface area contributed by atoms with Gasteiger partial charge in [-0.05, 0) is 62.6 Å². The van der Waals surface area contributed by atoms with Gasteiger partial charge in [0.05, 0.1) is 0 Å². The molecule has 0 saturated carbocycles. The van der Waals surface area contributed by atoms with Gasteiger partial charge in [-0.25, -0.2) is 4.39 Å². The monoisotopic (exact) mass is 273 g/mol. The molecule has 2 N–H and O–H groups in total. The Labute approximate surface area is 121 Å². The Hall–Kier alpha value is -1.67. The summed E-state index contributed by atoms with van der Waals surface area (Å²) >= 11 is 0. The summed E-state index contributed by atoms with van der Waals surface area (Å²) in [6, 6.07) is 4.93. The quantitative estimate of drug-likeness (QED) is 0.750. The molecule has 0 aromatic heterocycles. The first-order valence-corrected chi connectivity index (χ1v) is 6.91. The highest BCUT2D eigenvalue weighted by atomic mass is 19.1. The maximum absolute atomic E-state index is 13.2. The number of aryl methyl sites for hydroxylation is 1. The first-order valence-electron chi connectivity index (χ1n) is 6.91. The van der Waals surface area contributed by atoms with Gasteiger partial charge in [-0.15, -0.1) is 0 Å². The maximum Gasteiger partial charge on any atom is 0.123 e. The minimum Gasteiger partial charge on any atom is -0.330 e. The molecule has 0 aliphatic carbocycles. The number of rotatable bonds is 6. The van der Waals surface area contributed by atoms with Crippen LogP contribution >= 0.6 is 0 Å². The van der Waals surface area contributed by atoms with E-state index in [1.807, 2.05) is 19.1 Å². The van der Waals surface area contributed by atoms with E-state index in [1.165, 1.54) is 17.2 Å². The molecule has 0 heterocycles. The van der Waals surface area contributed by atoms with Crippen molar-refractivity contribution < 1.29 is 4.39 Å². The second kappa shape index (κ2) is 7.81. The van der Waals surface area contributed by atoms with E-state index in [4.69, 9.17) is 5.73 Å². The van der Waals surface area contributed by atoms with Crippen LogP contribution in [0.4, 0.5) is 4.39 Å². The van der Waals surface area contributed by atoms with Crippen molar-refractivity contribution in [3.63, 3.8) is 0 Å². The third kappa shape index (κ3) is 4.46. The van der Waals surface area contributed by atoms with Gasteiger partial charge in [-0.2, -0.15) is 0 Å². The molecule has 0 spiro atoms. The summed E-state index contributed by atoms with van der Waals surface area (Å²) in [7, 11) is 0. The van der Waals surface area contributed by atoms with Crippen LogP contribution in [0.3, 0.4) is 0 Å². The standard InChI is InChI=1S/C18H24FN/c1-5-6-7-15(13(2)3)11-16(12-20)18-9-8-17(19)10-14(18)4/h5-10,16H,1,11-12,20H2,2-4H3/b7-6-. The van der Waals surface area contributed by atoms with Crippen molar-refractivity contribution in [3.8, 4) is 0 Å². The van der Waals surface area contributed by atoms with E-state index in [0.717, 1.165) is 17.5 Å². The van der Waals surface area contributed by atoms with Crippen molar-refractivity contribution in [3.05, 3.63) is 71.1 Å². The minimum atomic E-state index is -0.198. The summed E-state index contributed by atoms with van der Waals surface area (Å²) in [4.78, 5) is 0. The molecule has 108 valence electrons. The van der Waals surface area contributed by atoms with Gasteiger partial charge in [-0.3, -0.25) is 0 Å². The third-order valence-electron chi connectivity index (χ3n) is 3.50. The molecule has 2 heteroatoms. The summed E-state index contributed by atoms with van der Waals surface area (Å²) in [5.41, 5.74) is 10.5. The van der Waals surface area contributed by atoms with Crippen LogP contribution in [0.25, 0.3) is 0 Å². The topological polar surface area (TPSA) is 26.0 Å². The number of benzene rings is 1. The Kier molecular flexibility index (Phi) is 6.40. The molecule has 1 unspecified atom stereocenters. The van der Waals surface area contributed by atoms with Crippen LogP contribution < -0.4 is 5.73 Å². The molecule has 0 bridgehead atoms. The van der Waals surface area contributed by atoms with Crippen LogP contribution in [0.1, 0.15) is 37.3 Å². The fourth-order valence-corrected chi connectivity index (χ4v) is 2.31. The van der Waals surface area contributed by atoms with Gasteiger partial charge in [-0.1, -0.05) is 36.4 Å². The lowest BCUT2D eigenvalue weighted by Crippen LogP contribution is -2.14. The number of hydrogen-bond acceptors (Lipinski definition) is 1. The van der Waals surface area contributed by atoms with Crippen LogP contribution in [-0.4, -0.2) is 6.54 Å². The molecule has 0 radical (unpaired) electrons. The zero-order chi connectivity index (χ0) is 15.1. The van der Waals surface area contributed by atoms with Gasteiger partial charge in [0.15, 0.2) is 0 Å². The Bertz CT molecular complexity index is 522. The van der Waals surface area contributed by atoms with Crippen LogP contribution in [0.5, 0.6) is 0 Å². The van der Waals surface area contributed by atoms with Crippen molar-refractivity contribution in [2.45, 2.75) is 33.1 Å². The third-order valence-corrected chi connectivity index (χ3v) is 3.50. The molecule has 1 aromatic carbocycles. The zero-order valence-electron chi connectivity index (χ0n) is 12.6.